The van der Waals surface area contributed by atoms with Crippen LogP contribution in [0.1, 0.15) is 63.5 Å². The Morgan fingerprint density at radius 2 is 1.81 bits per heavy atom. The number of halogens is 1. The molecule has 1 aliphatic rings. The van der Waals surface area contributed by atoms with Crippen molar-refractivity contribution in [1.29, 1.82) is 0 Å². The van der Waals surface area contributed by atoms with Gasteiger partial charge >= 0.3 is 0 Å². The van der Waals surface area contributed by atoms with Crippen molar-refractivity contribution in [2.75, 3.05) is 32.7 Å². The van der Waals surface area contributed by atoms with E-state index in [1.165, 1.54) is 38.8 Å². The molecule has 2 heterocycles. The Hall–Kier alpha value is -0.830. The van der Waals surface area contributed by atoms with Gasteiger partial charge in [0.2, 0.25) is 0 Å². The maximum absolute atomic E-state index is 5.43. The van der Waals surface area contributed by atoms with Gasteiger partial charge in [0.15, 0.2) is 5.96 Å². The number of aryl methyl sites for hydroxylation is 2. The van der Waals surface area contributed by atoms with Gasteiger partial charge in [0.25, 0.3) is 0 Å². The van der Waals surface area contributed by atoms with Gasteiger partial charge in [-0.15, -0.1) is 24.0 Å². The summed E-state index contributed by atoms with van der Waals surface area (Å²) in [6.07, 6.45) is 7.17. The van der Waals surface area contributed by atoms with Crippen LogP contribution in [0.5, 0.6) is 0 Å². The zero-order valence-corrected chi connectivity index (χ0v) is 19.0. The topological polar surface area (TPSA) is 65.7 Å². The Morgan fingerprint density at radius 3 is 2.42 bits per heavy atom. The van der Waals surface area contributed by atoms with Crippen molar-refractivity contribution in [3.05, 3.63) is 17.0 Å². The molecule has 0 atom stereocenters. The normalized spacial score (nSPS) is 16.0. The molecule has 7 heteroatoms. The van der Waals surface area contributed by atoms with Crippen LogP contribution in [0.25, 0.3) is 0 Å². The number of nitrogens with one attached hydrogen (secondary N) is 2. The highest BCUT2D eigenvalue weighted by molar-refractivity contribution is 14.0. The molecule has 0 spiro atoms. The Morgan fingerprint density at radius 1 is 1.08 bits per heavy atom. The molecule has 0 unspecified atom stereocenters. The van der Waals surface area contributed by atoms with Crippen molar-refractivity contribution >= 4 is 29.9 Å². The molecule has 2 rings (SSSR count). The van der Waals surface area contributed by atoms with E-state index in [2.05, 4.69) is 41.5 Å². The van der Waals surface area contributed by atoms with E-state index in [4.69, 9.17) is 9.52 Å². The molecule has 2 N–H and O–H groups in total. The summed E-state index contributed by atoms with van der Waals surface area (Å²) in [5.41, 5.74) is 2.18. The van der Waals surface area contributed by atoms with E-state index in [-0.39, 0.29) is 24.0 Å². The molecule has 1 aromatic rings. The summed E-state index contributed by atoms with van der Waals surface area (Å²) in [7, 11) is 0. The molecule has 0 aromatic carbocycles. The maximum Gasteiger partial charge on any atom is 0.191 e. The standard InChI is InChI=1S/C19H35N5O.HI/c1-4-17-16(18(5-2)25-23-17)15-22-19(20-6-3)21-11-14-24-12-9-7-8-10-13-24;/h4-15H2,1-3H3,(H2,20,21,22);1H. The average molecular weight is 477 g/mol. The molecule has 26 heavy (non-hydrogen) atoms. The summed E-state index contributed by atoms with van der Waals surface area (Å²) in [6.45, 7) is 12.3. The molecule has 0 aliphatic carbocycles. The fraction of sp³-hybridized carbons (Fsp3) is 0.789. The first-order valence-electron chi connectivity index (χ1n) is 9.99. The lowest BCUT2D eigenvalue weighted by molar-refractivity contribution is 0.289. The van der Waals surface area contributed by atoms with Crippen LogP contribution in [-0.4, -0.2) is 48.7 Å². The highest BCUT2D eigenvalue weighted by Crippen LogP contribution is 2.16. The second-order valence-electron chi connectivity index (χ2n) is 6.62. The molecule has 0 radical (unpaired) electrons. The SMILES string of the molecule is CCNC(=NCc1c(CC)noc1CC)NCCN1CCCCCC1.I. The summed E-state index contributed by atoms with van der Waals surface area (Å²) in [4.78, 5) is 7.31. The first-order chi connectivity index (χ1) is 12.3. The smallest absolute Gasteiger partial charge is 0.191 e. The molecule has 150 valence electrons. The second-order valence-corrected chi connectivity index (χ2v) is 6.62. The minimum Gasteiger partial charge on any atom is -0.361 e. The molecule has 0 bridgehead atoms. The predicted octanol–water partition coefficient (Wildman–Crippen LogP) is 3.35. The van der Waals surface area contributed by atoms with E-state index < -0.39 is 0 Å². The van der Waals surface area contributed by atoms with E-state index >= 15 is 0 Å². The van der Waals surface area contributed by atoms with Crippen LogP contribution in [0.4, 0.5) is 0 Å². The monoisotopic (exact) mass is 477 g/mol. The highest BCUT2D eigenvalue weighted by atomic mass is 127. The lowest BCUT2D eigenvalue weighted by atomic mass is 10.1. The zero-order valence-electron chi connectivity index (χ0n) is 16.6. The summed E-state index contributed by atoms with van der Waals surface area (Å²) in [6, 6.07) is 0. The zero-order chi connectivity index (χ0) is 17.9. The fourth-order valence-corrected chi connectivity index (χ4v) is 3.31. The molecule has 1 aliphatic heterocycles. The Bertz CT molecular complexity index is 502. The maximum atomic E-state index is 5.43. The van der Waals surface area contributed by atoms with Gasteiger partial charge in [0.05, 0.1) is 12.2 Å². The van der Waals surface area contributed by atoms with Crippen molar-refractivity contribution in [3.63, 3.8) is 0 Å². The van der Waals surface area contributed by atoms with Crippen LogP contribution >= 0.6 is 24.0 Å². The van der Waals surface area contributed by atoms with Gasteiger partial charge in [-0.05, 0) is 39.3 Å². The van der Waals surface area contributed by atoms with E-state index in [9.17, 15) is 0 Å². The Labute approximate surface area is 175 Å². The third kappa shape index (κ3) is 7.42. The summed E-state index contributed by atoms with van der Waals surface area (Å²) in [5.74, 6) is 1.84. The lowest BCUT2D eigenvalue weighted by Gasteiger charge is -2.20. The Kier molecular flexibility index (Phi) is 11.9. The number of nitrogens with zero attached hydrogens (tertiary/aromatic N) is 3. The van der Waals surface area contributed by atoms with Gasteiger partial charge in [0, 0.05) is 31.6 Å². The summed E-state index contributed by atoms with van der Waals surface area (Å²) in [5, 5.41) is 11.0. The fourth-order valence-electron chi connectivity index (χ4n) is 3.31. The largest absolute Gasteiger partial charge is 0.361 e. The van der Waals surface area contributed by atoms with Gasteiger partial charge < -0.3 is 20.1 Å². The summed E-state index contributed by atoms with van der Waals surface area (Å²) < 4.78 is 5.43. The summed E-state index contributed by atoms with van der Waals surface area (Å²) >= 11 is 0. The third-order valence-electron chi connectivity index (χ3n) is 4.77. The molecule has 1 fully saturated rings. The van der Waals surface area contributed by atoms with Crippen molar-refractivity contribution in [1.82, 2.24) is 20.7 Å². The minimum atomic E-state index is 0. The van der Waals surface area contributed by atoms with E-state index in [0.29, 0.717) is 6.54 Å². The van der Waals surface area contributed by atoms with Crippen LogP contribution < -0.4 is 10.6 Å². The van der Waals surface area contributed by atoms with Crippen LogP contribution in [0.2, 0.25) is 0 Å². The second kappa shape index (κ2) is 13.4. The van der Waals surface area contributed by atoms with Crippen molar-refractivity contribution < 1.29 is 4.52 Å². The molecule has 6 nitrogen and oxygen atoms in total. The number of aromatic nitrogens is 1. The van der Waals surface area contributed by atoms with Crippen molar-refractivity contribution in [2.24, 2.45) is 4.99 Å². The van der Waals surface area contributed by atoms with Crippen LogP contribution in [0, 0.1) is 0 Å². The number of likely N-dealkylation sites (tertiary alicyclic amines) is 1. The predicted molar refractivity (Wildman–Crippen MR) is 118 cm³/mol. The van der Waals surface area contributed by atoms with Crippen molar-refractivity contribution in [3.8, 4) is 0 Å². The average Bonchev–Trinajstić information content (AvgIpc) is 2.84. The van der Waals surface area contributed by atoms with Crippen LogP contribution in [0.3, 0.4) is 0 Å². The van der Waals surface area contributed by atoms with E-state index in [0.717, 1.165) is 55.5 Å². The first kappa shape index (κ1) is 23.2. The molecular formula is C19H36IN5O. The van der Waals surface area contributed by atoms with Gasteiger partial charge in [0.1, 0.15) is 5.76 Å². The molecule has 0 saturated carbocycles. The lowest BCUT2D eigenvalue weighted by Crippen LogP contribution is -2.41. The van der Waals surface area contributed by atoms with Gasteiger partial charge in [-0.1, -0.05) is 31.8 Å². The van der Waals surface area contributed by atoms with E-state index in [1.54, 1.807) is 0 Å². The first-order valence-corrected chi connectivity index (χ1v) is 9.99. The quantitative estimate of drug-likeness (QED) is 0.342. The van der Waals surface area contributed by atoms with Gasteiger partial charge in [-0.3, -0.25) is 0 Å². The Balaban J connectivity index is 0.00000338. The number of guanidine groups is 1. The molecule has 1 aromatic heterocycles. The highest BCUT2D eigenvalue weighted by Gasteiger charge is 2.13. The van der Waals surface area contributed by atoms with Gasteiger partial charge in [-0.2, -0.15) is 0 Å². The number of hydrogen-bond acceptors (Lipinski definition) is 4. The van der Waals surface area contributed by atoms with Gasteiger partial charge in [-0.25, -0.2) is 4.99 Å². The van der Waals surface area contributed by atoms with Crippen molar-refractivity contribution in [2.45, 2.75) is 65.8 Å². The third-order valence-corrected chi connectivity index (χ3v) is 4.77. The van der Waals surface area contributed by atoms with Crippen LogP contribution in [-0.2, 0) is 19.4 Å². The minimum absolute atomic E-state index is 0. The molecule has 1 saturated heterocycles. The molecule has 0 amide bonds. The number of hydrogen-bond donors (Lipinski definition) is 2. The number of aliphatic imine (C=N–C) groups is 1. The number of rotatable bonds is 8. The van der Waals surface area contributed by atoms with E-state index in [1.807, 2.05) is 0 Å². The van der Waals surface area contributed by atoms with Crippen LogP contribution in [0.15, 0.2) is 9.52 Å². The molecular weight excluding hydrogens is 441 g/mol.